The Kier molecular flexibility index (Phi) is 3.25. The van der Waals surface area contributed by atoms with Gasteiger partial charge in [-0.2, -0.15) is 0 Å². The third-order valence-electron chi connectivity index (χ3n) is 2.61. The second-order valence-electron chi connectivity index (χ2n) is 4.34. The molecule has 2 heterocycles. The lowest BCUT2D eigenvalue weighted by atomic mass is 10.0. The summed E-state index contributed by atoms with van der Waals surface area (Å²) in [7, 11) is 0. The van der Waals surface area contributed by atoms with Crippen LogP contribution >= 0.6 is 0 Å². The Bertz CT molecular complexity index is 525. The molecular formula is C13H15NO4. The molecule has 2 N–H and O–H groups in total. The van der Waals surface area contributed by atoms with E-state index in [-0.39, 0.29) is 18.2 Å². The molecule has 0 radical (unpaired) electrons. The van der Waals surface area contributed by atoms with E-state index >= 15 is 0 Å². The monoisotopic (exact) mass is 249 g/mol. The summed E-state index contributed by atoms with van der Waals surface area (Å²) in [6.45, 7) is 3.41. The van der Waals surface area contributed by atoms with Gasteiger partial charge in [-0.05, 0) is 38.1 Å². The number of amides is 1. The standard InChI is InChI=1S/C13H15NO4/c1-9-5-6-11(18-9)13(2,16)8-14-12(15)10-4-3-7-17-10/h3-7,16H,8H2,1-2H3,(H,14,15). The summed E-state index contributed by atoms with van der Waals surface area (Å²) in [5.41, 5.74) is -1.25. The number of hydrogen-bond donors (Lipinski definition) is 2. The van der Waals surface area contributed by atoms with E-state index in [1.54, 1.807) is 38.1 Å². The van der Waals surface area contributed by atoms with Gasteiger partial charge in [0, 0.05) is 0 Å². The molecule has 2 rings (SSSR count). The van der Waals surface area contributed by atoms with Gasteiger partial charge in [-0.25, -0.2) is 0 Å². The van der Waals surface area contributed by atoms with Crippen molar-refractivity contribution in [1.29, 1.82) is 0 Å². The minimum absolute atomic E-state index is 0.0412. The van der Waals surface area contributed by atoms with Gasteiger partial charge >= 0.3 is 0 Å². The van der Waals surface area contributed by atoms with Gasteiger partial charge in [-0.15, -0.1) is 0 Å². The summed E-state index contributed by atoms with van der Waals surface area (Å²) in [4.78, 5) is 11.6. The van der Waals surface area contributed by atoms with E-state index in [4.69, 9.17) is 8.83 Å². The fourth-order valence-corrected chi connectivity index (χ4v) is 1.56. The van der Waals surface area contributed by atoms with Crippen molar-refractivity contribution in [3.63, 3.8) is 0 Å². The predicted molar refractivity (Wildman–Crippen MR) is 64.1 cm³/mol. The summed E-state index contributed by atoms with van der Waals surface area (Å²) < 4.78 is 10.3. The van der Waals surface area contributed by atoms with Crippen molar-refractivity contribution in [2.24, 2.45) is 0 Å². The molecule has 0 aromatic carbocycles. The zero-order valence-corrected chi connectivity index (χ0v) is 10.3. The van der Waals surface area contributed by atoms with Gasteiger partial charge in [0.15, 0.2) is 5.76 Å². The Morgan fingerprint density at radius 2 is 2.22 bits per heavy atom. The van der Waals surface area contributed by atoms with Gasteiger partial charge in [-0.1, -0.05) is 0 Å². The Balaban J connectivity index is 1.99. The SMILES string of the molecule is Cc1ccc(C(C)(O)CNC(=O)c2ccco2)o1. The van der Waals surface area contributed by atoms with Crippen LogP contribution in [-0.2, 0) is 5.60 Å². The van der Waals surface area contributed by atoms with Crippen LogP contribution in [0.5, 0.6) is 0 Å². The lowest BCUT2D eigenvalue weighted by molar-refractivity contribution is 0.0319. The topological polar surface area (TPSA) is 75.6 Å². The van der Waals surface area contributed by atoms with E-state index in [0.717, 1.165) is 0 Å². The van der Waals surface area contributed by atoms with Crippen molar-refractivity contribution >= 4 is 5.91 Å². The number of aryl methyl sites for hydroxylation is 1. The average molecular weight is 249 g/mol. The second kappa shape index (κ2) is 4.70. The fraction of sp³-hybridized carbons (Fsp3) is 0.308. The third kappa shape index (κ3) is 2.62. The van der Waals surface area contributed by atoms with Crippen LogP contribution in [0.1, 0.15) is 29.0 Å². The number of furan rings is 2. The zero-order chi connectivity index (χ0) is 13.2. The molecule has 1 atom stereocenters. The Morgan fingerprint density at radius 3 is 2.78 bits per heavy atom. The summed E-state index contributed by atoms with van der Waals surface area (Å²) in [6, 6.07) is 6.64. The Morgan fingerprint density at radius 1 is 1.44 bits per heavy atom. The Labute approximate surface area is 104 Å². The van der Waals surface area contributed by atoms with Crippen LogP contribution in [0.3, 0.4) is 0 Å². The first-order valence-corrected chi connectivity index (χ1v) is 5.60. The van der Waals surface area contributed by atoms with Crippen molar-refractivity contribution in [2.75, 3.05) is 6.54 Å². The highest BCUT2D eigenvalue weighted by Crippen LogP contribution is 2.22. The minimum atomic E-state index is -1.25. The molecule has 0 saturated heterocycles. The summed E-state index contributed by atoms with van der Waals surface area (Å²) in [6.07, 6.45) is 1.42. The summed E-state index contributed by atoms with van der Waals surface area (Å²) in [5.74, 6) is 0.965. The number of carbonyl (C=O) groups excluding carboxylic acids is 1. The van der Waals surface area contributed by atoms with Gasteiger partial charge in [-0.3, -0.25) is 4.79 Å². The molecule has 5 nitrogen and oxygen atoms in total. The smallest absolute Gasteiger partial charge is 0.287 e. The molecular weight excluding hydrogens is 234 g/mol. The highest BCUT2D eigenvalue weighted by Gasteiger charge is 2.27. The van der Waals surface area contributed by atoms with E-state index in [0.29, 0.717) is 11.5 Å². The van der Waals surface area contributed by atoms with Gasteiger partial charge in [0.25, 0.3) is 5.91 Å². The molecule has 0 saturated carbocycles. The molecule has 0 aliphatic rings. The molecule has 0 bridgehead atoms. The van der Waals surface area contributed by atoms with Crippen molar-refractivity contribution in [1.82, 2.24) is 5.32 Å². The van der Waals surface area contributed by atoms with Gasteiger partial charge in [0.2, 0.25) is 0 Å². The van der Waals surface area contributed by atoms with E-state index in [1.165, 1.54) is 6.26 Å². The average Bonchev–Trinajstić information content (AvgIpc) is 2.96. The fourth-order valence-electron chi connectivity index (χ4n) is 1.56. The van der Waals surface area contributed by atoms with Crippen LogP contribution in [0.2, 0.25) is 0 Å². The maximum absolute atomic E-state index is 11.6. The molecule has 5 heteroatoms. The zero-order valence-electron chi connectivity index (χ0n) is 10.3. The second-order valence-corrected chi connectivity index (χ2v) is 4.34. The number of hydrogen-bond acceptors (Lipinski definition) is 4. The van der Waals surface area contributed by atoms with Crippen LogP contribution in [-0.4, -0.2) is 17.6 Å². The van der Waals surface area contributed by atoms with E-state index < -0.39 is 5.60 Å². The van der Waals surface area contributed by atoms with Gasteiger partial charge in [0.05, 0.1) is 12.8 Å². The van der Waals surface area contributed by atoms with Gasteiger partial charge in [0.1, 0.15) is 17.1 Å². The molecule has 0 fully saturated rings. The summed E-state index contributed by atoms with van der Waals surface area (Å²) in [5, 5.41) is 12.8. The predicted octanol–water partition coefficient (Wildman–Crippen LogP) is 1.82. The van der Waals surface area contributed by atoms with E-state index in [9.17, 15) is 9.90 Å². The first-order valence-electron chi connectivity index (χ1n) is 5.60. The minimum Gasteiger partial charge on any atom is -0.463 e. The van der Waals surface area contributed by atoms with Crippen LogP contribution in [0.4, 0.5) is 0 Å². The molecule has 1 amide bonds. The van der Waals surface area contributed by atoms with Crippen molar-refractivity contribution in [3.8, 4) is 0 Å². The molecule has 2 aromatic rings. The first kappa shape index (κ1) is 12.4. The molecule has 96 valence electrons. The first-order chi connectivity index (χ1) is 8.49. The van der Waals surface area contributed by atoms with Crippen LogP contribution in [0.15, 0.2) is 39.4 Å². The number of carbonyl (C=O) groups is 1. The highest BCUT2D eigenvalue weighted by atomic mass is 16.4. The Hall–Kier alpha value is -2.01. The molecule has 0 spiro atoms. The third-order valence-corrected chi connectivity index (χ3v) is 2.61. The highest BCUT2D eigenvalue weighted by molar-refractivity contribution is 5.91. The van der Waals surface area contributed by atoms with Gasteiger partial charge < -0.3 is 19.3 Å². The molecule has 1 unspecified atom stereocenters. The number of rotatable bonds is 4. The van der Waals surface area contributed by atoms with Crippen LogP contribution < -0.4 is 5.32 Å². The van der Waals surface area contributed by atoms with Crippen LogP contribution in [0.25, 0.3) is 0 Å². The molecule has 2 aromatic heterocycles. The number of nitrogens with one attached hydrogen (secondary N) is 1. The normalized spacial score (nSPS) is 14.2. The maximum Gasteiger partial charge on any atom is 0.287 e. The van der Waals surface area contributed by atoms with Crippen molar-refractivity contribution in [2.45, 2.75) is 19.4 Å². The maximum atomic E-state index is 11.6. The molecule has 18 heavy (non-hydrogen) atoms. The van der Waals surface area contributed by atoms with Crippen molar-refractivity contribution < 1.29 is 18.7 Å². The van der Waals surface area contributed by atoms with E-state index in [1.807, 2.05) is 0 Å². The quantitative estimate of drug-likeness (QED) is 0.866. The molecule has 0 aliphatic carbocycles. The van der Waals surface area contributed by atoms with Crippen molar-refractivity contribution in [3.05, 3.63) is 47.8 Å². The largest absolute Gasteiger partial charge is 0.463 e. The van der Waals surface area contributed by atoms with Crippen LogP contribution in [0, 0.1) is 6.92 Å². The number of aliphatic hydroxyl groups is 1. The van der Waals surface area contributed by atoms with E-state index in [2.05, 4.69) is 5.32 Å². The lowest BCUT2D eigenvalue weighted by Gasteiger charge is -2.20. The summed E-state index contributed by atoms with van der Waals surface area (Å²) >= 11 is 0. The molecule has 0 aliphatic heterocycles. The lowest BCUT2D eigenvalue weighted by Crippen LogP contribution is -2.38.